The number of benzene rings is 10. The average Bonchev–Trinajstić information content (AvgIpc) is 3.91. The van der Waals surface area contributed by atoms with Gasteiger partial charge in [-0.05, 0) is 104 Å². The Morgan fingerprint density at radius 1 is 0.304 bits per heavy atom. The van der Waals surface area contributed by atoms with Gasteiger partial charge < -0.3 is 4.57 Å². The first-order valence-corrected chi connectivity index (χ1v) is 23.5. The zero-order chi connectivity index (χ0) is 45.5. The maximum atomic E-state index is 5.29. The summed E-state index contributed by atoms with van der Waals surface area (Å²) in [6.45, 7) is 0. The molecule has 0 bridgehead atoms. The SMILES string of the molecule is c1ccc(-c2ccc(-n3c4ccccc4c4cc(-c5ccc6c(c5)C5(c7ccccc7-6)c6ccccc6N(c6nc(-c7ccccc7)nc(-c7ccccc7)n6)c6ccccc65)ccc43)cc2)cc1. The minimum absolute atomic E-state index is 0.567. The molecule has 0 saturated heterocycles. The molecule has 0 radical (unpaired) electrons. The lowest BCUT2D eigenvalue weighted by Gasteiger charge is -2.44. The monoisotopic (exact) mass is 879 g/mol. The number of nitrogens with zero attached hydrogens (tertiary/aromatic N) is 5. The van der Waals surface area contributed by atoms with Gasteiger partial charge in [-0.25, -0.2) is 4.98 Å². The molecule has 0 saturated carbocycles. The van der Waals surface area contributed by atoms with E-state index < -0.39 is 5.41 Å². The van der Waals surface area contributed by atoms with Gasteiger partial charge in [0.2, 0.25) is 5.95 Å². The molecule has 0 atom stereocenters. The van der Waals surface area contributed by atoms with E-state index in [2.05, 4.69) is 222 Å². The summed E-state index contributed by atoms with van der Waals surface area (Å²) in [7, 11) is 0. The number of hydrogen-bond acceptors (Lipinski definition) is 4. The van der Waals surface area contributed by atoms with Crippen molar-refractivity contribution in [3.8, 4) is 61.8 Å². The van der Waals surface area contributed by atoms with Gasteiger partial charge in [0.15, 0.2) is 11.6 Å². The molecule has 1 spiro atoms. The molecule has 14 rings (SSSR count). The van der Waals surface area contributed by atoms with Gasteiger partial charge in [0.25, 0.3) is 0 Å². The molecular formula is C64H41N5. The number of rotatable bonds is 6. The van der Waals surface area contributed by atoms with Gasteiger partial charge in [-0.15, -0.1) is 0 Å². The van der Waals surface area contributed by atoms with Crippen LogP contribution in [0.25, 0.3) is 83.6 Å². The normalized spacial score (nSPS) is 13.0. The van der Waals surface area contributed by atoms with Crippen molar-refractivity contribution < 1.29 is 0 Å². The van der Waals surface area contributed by atoms with Gasteiger partial charge in [0, 0.05) is 27.6 Å². The highest BCUT2D eigenvalue weighted by atomic mass is 15.3. The molecule has 10 aromatic carbocycles. The Morgan fingerprint density at radius 2 is 0.783 bits per heavy atom. The van der Waals surface area contributed by atoms with E-state index in [0.29, 0.717) is 17.6 Å². The lowest BCUT2D eigenvalue weighted by Crippen LogP contribution is -2.36. The third-order valence-electron chi connectivity index (χ3n) is 14.3. The summed E-state index contributed by atoms with van der Waals surface area (Å²) in [6, 6.07) is 89.5. The molecular weight excluding hydrogens is 839 g/mol. The molecule has 1 aliphatic carbocycles. The van der Waals surface area contributed by atoms with Crippen LogP contribution in [0.3, 0.4) is 0 Å². The second-order valence-corrected chi connectivity index (χ2v) is 17.9. The van der Waals surface area contributed by atoms with E-state index in [-0.39, 0.29) is 0 Å². The van der Waals surface area contributed by atoms with Crippen molar-refractivity contribution in [3.63, 3.8) is 0 Å². The zero-order valence-corrected chi connectivity index (χ0v) is 37.4. The Kier molecular flexibility index (Phi) is 8.73. The van der Waals surface area contributed by atoms with Gasteiger partial charge in [0.1, 0.15) is 0 Å². The van der Waals surface area contributed by atoms with Gasteiger partial charge in [0.05, 0.1) is 27.8 Å². The van der Waals surface area contributed by atoms with Crippen LogP contribution in [0.2, 0.25) is 0 Å². The van der Waals surface area contributed by atoms with Gasteiger partial charge >= 0.3 is 0 Å². The molecule has 5 heteroatoms. The molecule has 3 heterocycles. The Labute approximate surface area is 399 Å². The van der Waals surface area contributed by atoms with Crippen LogP contribution in [0.1, 0.15) is 22.3 Å². The van der Waals surface area contributed by atoms with Crippen LogP contribution in [0.15, 0.2) is 249 Å². The van der Waals surface area contributed by atoms with Crippen molar-refractivity contribution in [1.29, 1.82) is 0 Å². The van der Waals surface area contributed by atoms with E-state index in [1.165, 1.54) is 77.4 Å². The number of para-hydroxylation sites is 3. The Hall–Kier alpha value is -9.19. The van der Waals surface area contributed by atoms with E-state index in [4.69, 9.17) is 15.0 Å². The first-order chi connectivity index (χ1) is 34.2. The molecule has 2 aliphatic rings. The summed E-state index contributed by atoms with van der Waals surface area (Å²) >= 11 is 0. The lowest BCUT2D eigenvalue weighted by atomic mass is 9.64. The lowest BCUT2D eigenvalue weighted by molar-refractivity contribution is 0.749. The Morgan fingerprint density at radius 3 is 1.45 bits per heavy atom. The van der Waals surface area contributed by atoms with Crippen LogP contribution in [0.4, 0.5) is 17.3 Å². The topological polar surface area (TPSA) is 46.8 Å². The van der Waals surface area contributed by atoms with E-state index in [1.54, 1.807) is 0 Å². The Bertz CT molecular complexity index is 3850. The molecule has 322 valence electrons. The van der Waals surface area contributed by atoms with Crippen molar-refractivity contribution in [2.75, 3.05) is 4.90 Å². The van der Waals surface area contributed by atoms with E-state index in [9.17, 15) is 0 Å². The van der Waals surface area contributed by atoms with Gasteiger partial charge in [-0.3, -0.25) is 4.90 Å². The highest BCUT2D eigenvalue weighted by Gasteiger charge is 2.52. The van der Waals surface area contributed by atoms with Gasteiger partial charge in [-0.2, -0.15) is 9.97 Å². The molecule has 0 N–H and O–H groups in total. The molecule has 0 unspecified atom stereocenters. The van der Waals surface area contributed by atoms with Crippen molar-refractivity contribution in [3.05, 3.63) is 271 Å². The number of aromatic nitrogens is 4. The fourth-order valence-electron chi connectivity index (χ4n) is 11.3. The minimum Gasteiger partial charge on any atom is -0.309 e. The number of hydrogen-bond donors (Lipinski definition) is 0. The number of anilines is 3. The maximum Gasteiger partial charge on any atom is 0.238 e. The van der Waals surface area contributed by atoms with Gasteiger partial charge in [-0.1, -0.05) is 200 Å². The first kappa shape index (κ1) is 39.0. The predicted molar refractivity (Wildman–Crippen MR) is 281 cm³/mol. The third kappa shape index (κ3) is 5.94. The van der Waals surface area contributed by atoms with Crippen molar-refractivity contribution in [1.82, 2.24) is 19.5 Å². The smallest absolute Gasteiger partial charge is 0.238 e. The summed E-state index contributed by atoms with van der Waals surface area (Å²) in [5, 5.41) is 2.45. The van der Waals surface area contributed by atoms with Crippen LogP contribution in [0, 0.1) is 0 Å². The third-order valence-corrected chi connectivity index (χ3v) is 14.3. The second-order valence-electron chi connectivity index (χ2n) is 17.9. The molecule has 2 aromatic heterocycles. The first-order valence-electron chi connectivity index (χ1n) is 23.5. The maximum absolute atomic E-state index is 5.29. The standard InChI is InChI=1S/C64H41N5/c1-4-18-42(19-5-1)43-32-36-48(37-33-43)68-57-29-15-11-25-51(57)52-40-46(35-39-58(52)68)47-34-38-50-49-24-10-12-26-53(49)64(56(50)41-47)54-27-13-16-30-59(54)69(60-31-17-14-28-55(60)64)63-66-61(44-20-6-2-7-21-44)65-62(67-63)45-22-8-3-9-23-45/h1-41H. The molecule has 69 heavy (non-hydrogen) atoms. The quantitative estimate of drug-likeness (QED) is 0.167. The van der Waals surface area contributed by atoms with E-state index >= 15 is 0 Å². The highest BCUT2D eigenvalue weighted by Crippen LogP contribution is 2.63. The summed E-state index contributed by atoms with van der Waals surface area (Å²) in [6.07, 6.45) is 0. The summed E-state index contributed by atoms with van der Waals surface area (Å²) in [5.74, 6) is 1.81. The van der Waals surface area contributed by atoms with Crippen LogP contribution in [0.5, 0.6) is 0 Å². The molecule has 1 aliphatic heterocycles. The highest BCUT2D eigenvalue weighted by molar-refractivity contribution is 6.10. The van der Waals surface area contributed by atoms with Crippen LogP contribution in [-0.4, -0.2) is 19.5 Å². The molecule has 0 amide bonds. The van der Waals surface area contributed by atoms with Crippen LogP contribution in [-0.2, 0) is 5.41 Å². The second kappa shape index (κ2) is 15.4. The van der Waals surface area contributed by atoms with E-state index in [0.717, 1.165) is 28.2 Å². The fourth-order valence-corrected chi connectivity index (χ4v) is 11.3. The Balaban J connectivity index is 0.953. The minimum atomic E-state index is -0.644. The predicted octanol–water partition coefficient (Wildman–Crippen LogP) is 15.8. The molecule has 0 fully saturated rings. The number of fused-ring (bicyclic) bond motifs is 12. The zero-order valence-electron chi connectivity index (χ0n) is 37.4. The van der Waals surface area contributed by atoms with Crippen molar-refractivity contribution in [2.45, 2.75) is 5.41 Å². The fraction of sp³-hybridized carbons (Fsp3) is 0.0156. The van der Waals surface area contributed by atoms with Crippen molar-refractivity contribution >= 4 is 39.1 Å². The van der Waals surface area contributed by atoms with E-state index in [1.807, 2.05) is 36.4 Å². The molecule has 5 nitrogen and oxygen atoms in total. The van der Waals surface area contributed by atoms with Crippen LogP contribution >= 0.6 is 0 Å². The van der Waals surface area contributed by atoms with Crippen molar-refractivity contribution in [2.24, 2.45) is 0 Å². The largest absolute Gasteiger partial charge is 0.309 e. The summed E-state index contributed by atoms with van der Waals surface area (Å²) in [5.41, 5.74) is 18.9. The summed E-state index contributed by atoms with van der Waals surface area (Å²) in [4.78, 5) is 17.9. The van der Waals surface area contributed by atoms with Crippen LogP contribution < -0.4 is 4.90 Å². The summed E-state index contributed by atoms with van der Waals surface area (Å²) < 4.78 is 2.40. The average molecular weight is 880 g/mol. The molecule has 12 aromatic rings.